The summed E-state index contributed by atoms with van der Waals surface area (Å²) < 4.78 is 11.7. The van der Waals surface area contributed by atoms with Gasteiger partial charge in [0.05, 0.1) is 19.4 Å². The maximum absolute atomic E-state index is 13.0. The molecule has 2 aromatic rings. The van der Waals surface area contributed by atoms with Gasteiger partial charge >= 0.3 is 0 Å². The Hall–Kier alpha value is -3.47. The zero-order valence-electron chi connectivity index (χ0n) is 25.1. The molecule has 3 N–H and O–H groups in total. The predicted octanol–water partition coefficient (Wildman–Crippen LogP) is 3.88. The van der Waals surface area contributed by atoms with E-state index < -0.39 is 18.5 Å². The van der Waals surface area contributed by atoms with Gasteiger partial charge in [-0.1, -0.05) is 51.8 Å². The van der Waals surface area contributed by atoms with E-state index in [1.54, 1.807) is 60.5 Å². The number of nitrogens with one attached hydrogen (secondary N) is 1. The molecule has 0 aromatic heterocycles. The fourth-order valence-corrected chi connectivity index (χ4v) is 4.85. The van der Waals surface area contributed by atoms with Crippen LogP contribution in [-0.2, 0) is 14.3 Å². The van der Waals surface area contributed by atoms with Crippen LogP contribution in [0.3, 0.4) is 0 Å². The summed E-state index contributed by atoms with van der Waals surface area (Å²) in [4.78, 5) is 41.7. The summed E-state index contributed by atoms with van der Waals surface area (Å²) in [5.41, 5.74) is 1.10. The molecule has 3 rings (SSSR count). The Balaban J connectivity index is 1.55. The molecule has 2 aromatic carbocycles. The van der Waals surface area contributed by atoms with Crippen molar-refractivity contribution in [1.82, 2.24) is 9.80 Å². The van der Waals surface area contributed by atoms with Crippen molar-refractivity contribution >= 4 is 23.4 Å². The van der Waals surface area contributed by atoms with Crippen LogP contribution in [0.15, 0.2) is 54.6 Å². The Morgan fingerprint density at radius 3 is 2.31 bits per heavy atom. The highest BCUT2D eigenvalue weighted by Gasteiger charge is 2.41. The van der Waals surface area contributed by atoms with Gasteiger partial charge in [-0.3, -0.25) is 14.4 Å². The van der Waals surface area contributed by atoms with Crippen molar-refractivity contribution in [2.75, 3.05) is 32.2 Å². The molecular formula is C32H45N3O7. The van der Waals surface area contributed by atoms with E-state index in [1.807, 2.05) is 19.9 Å². The monoisotopic (exact) mass is 583 g/mol. The molecule has 1 aliphatic rings. The van der Waals surface area contributed by atoms with E-state index in [-0.39, 0.29) is 55.8 Å². The Kier molecular flexibility index (Phi) is 12.8. The molecule has 0 radical (unpaired) electrons. The van der Waals surface area contributed by atoms with Gasteiger partial charge in [0.2, 0.25) is 18.1 Å². The fraction of sp³-hybridized carbons (Fsp3) is 0.531. The first kappa shape index (κ1) is 33.0. The lowest BCUT2D eigenvalue weighted by Crippen LogP contribution is -2.52. The topological polar surface area (TPSA) is 129 Å². The number of aliphatic hydroxyl groups is 2. The number of unbranched alkanes of at least 4 members (excludes halogenated alkanes) is 2. The van der Waals surface area contributed by atoms with Crippen LogP contribution in [-0.4, -0.2) is 83.1 Å². The fourth-order valence-electron chi connectivity index (χ4n) is 4.85. The third-order valence-electron chi connectivity index (χ3n) is 7.76. The zero-order chi connectivity index (χ0) is 30.6. The molecule has 1 aliphatic heterocycles. The van der Waals surface area contributed by atoms with Gasteiger partial charge < -0.3 is 34.8 Å². The largest absolute Gasteiger partial charge is 0.465 e. The number of ether oxygens (including phenoxy) is 2. The minimum atomic E-state index is -0.769. The maximum Gasteiger partial charge on any atom is 0.255 e. The Morgan fingerprint density at radius 2 is 1.67 bits per heavy atom. The van der Waals surface area contributed by atoms with Crippen molar-refractivity contribution in [3.8, 4) is 5.75 Å². The van der Waals surface area contributed by atoms with Crippen molar-refractivity contribution in [1.29, 1.82) is 0 Å². The lowest BCUT2D eigenvalue weighted by atomic mass is 9.85. The van der Waals surface area contributed by atoms with Gasteiger partial charge in [0.25, 0.3) is 5.91 Å². The predicted molar refractivity (Wildman–Crippen MR) is 160 cm³/mol. The summed E-state index contributed by atoms with van der Waals surface area (Å²) in [5, 5.41) is 22.6. The maximum atomic E-state index is 13.0. The molecular weight excluding hydrogens is 538 g/mol. The number of hydrogen-bond acceptors (Lipinski definition) is 7. The van der Waals surface area contributed by atoms with Crippen LogP contribution in [0.25, 0.3) is 0 Å². The summed E-state index contributed by atoms with van der Waals surface area (Å²) >= 11 is 0. The lowest BCUT2D eigenvalue weighted by Gasteiger charge is -2.41. The molecule has 0 saturated carbocycles. The first-order valence-corrected chi connectivity index (χ1v) is 14.7. The van der Waals surface area contributed by atoms with Gasteiger partial charge in [0.15, 0.2) is 0 Å². The second-order valence-electron chi connectivity index (χ2n) is 11.0. The molecule has 10 heteroatoms. The van der Waals surface area contributed by atoms with Gasteiger partial charge in [0, 0.05) is 43.6 Å². The van der Waals surface area contributed by atoms with E-state index in [0.717, 1.165) is 19.3 Å². The Morgan fingerprint density at radius 1 is 0.976 bits per heavy atom. The van der Waals surface area contributed by atoms with E-state index in [1.165, 1.54) is 4.90 Å². The first-order chi connectivity index (χ1) is 20.1. The summed E-state index contributed by atoms with van der Waals surface area (Å²) in [5.74, 6) is -0.232. The Labute approximate surface area is 248 Å². The summed E-state index contributed by atoms with van der Waals surface area (Å²) in [6.45, 7) is 5.86. The molecule has 1 fully saturated rings. The van der Waals surface area contributed by atoms with Gasteiger partial charge in [-0.15, -0.1) is 0 Å². The van der Waals surface area contributed by atoms with Crippen LogP contribution in [0.4, 0.5) is 5.69 Å². The van der Waals surface area contributed by atoms with Crippen molar-refractivity contribution in [2.24, 2.45) is 11.8 Å². The highest BCUT2D eigenvalue weighted by Crippen LogP contribution is 2.32. The highest BCUT2D eigenvalue weighted by molar-refractivity contribution is 5.94. The molecule has 42 heavy (non-hydrogen) atoms. The van der Waals surface area contributed by atoms with Crippen LogP contribution in [0, 0.1) is 11.8 Å². The number of amides is 3. The van der Waals surface area contributed by atoms with E-state index in [9.17, 15) is 24.6 Å². The van der Waals surface area contributed by atoms with Crippen LogP contribution in [0.5, 0.6) is 5.75 Å². The van der Waals surface area contributed by atoms with Gasteiger partial charge in [-0.2, -0.15) is 0 Å². The van der Waals surface area contributed by atoms with Crippen molar-refractivity contribution in [3.05, 3.63) is 60.2 Å². The number of aliphatic hydroxyl groups excluding tert-OH is 2. The minimum Gasteiger partial charge on any atom is -0.465 e. The van der Waals surface area contributed by atoms with E-state index in [0.29, 0.717) is 23.4 Å². The number of rotatable bonds is 14. The molecule has 0 bridgehead atoms. The lowest BCUT2D eigenvalue weighted by molar-refractivity contribution is -0.239. The number of anilines is 1. The summed E-state index contributed by atoms with van der Waals surface area (Å²) in [7, 11) is 1.65. The van der Waals surface area contributed by atoms with E-state index in [2.05, 4.69) is 12.2 Å². The third kappa shape index (κ3) is 9.27. The van der Waals surface area contributed by atoms with Crippen molar-refractivity contribution in [3.63, 3.8) is 0 Å². The summed E-state index contributed by atoms with van der Waals surface area (Å²) in [6, 6.07) is 15.7. The van der Waals surface area contributed by atoms with Gasteiger partial charge in [-0.05, 0) is 48.7 Å². The minimum absolute atomic E-state index is 0.0708. The standard InChI is InChI=1S/C32H45N3O7/c1-5-6-8-13-29(38)35(21-34(4)31(40)24-11-9-7-10-12-24)19-18-28(37)33-25-14-16-26(17-15-25)41-32-23(3)22(2)30(39)27(20-36)42-32/h7,9-12,14-17,22-23,27,30,32,36,39H,5-6,8,13,18-21H2,1-4H3,(H,33,37). The molecule has 10 nitrogen and oxygen atoms in total. The number of carbonyl (C=O) groups is 3. The molecule has 0 spiro atoms. The second kappa shape index (κ2) is 16.2. The average Bonchev–Trinajstić information content (AvgIpc) is 3.00. The van der Waals surface area contributed by atoms with Crippen molar-refractivity contribution < 1.29 is 34.1 Å². The number of carbonyl (C=O) groups excluding carboxylic acids is 3. The van der Waals surface area contributed by atoms with Gasteiger partial charge in [-0.25, -0.2) is 0 Å². The second-order valence-corrected chi connectivity index (χ2v) is 11.0. The number of nitrogens with zero attached hydrogens (tertiary/aromatic N) is 2. The summed E-state index contributed by atoms with van der Waals surface area (Å²) in [6.07, 6.45) is 1.01. The number of benzene rings is 2. The van der Waals surface area contributed by atoms with E-state index in [4.69, 9.17) is 9.47 Å². The van der Waals surface area contributed by atoms with Crippen LogP contribution in [0.2, 0.25) is 0 Å². The molecule has 0 aliphatic carbocycles. The SMILES string of the molecule is CCCCCC(=O)N(CCC(=O)Nc1ccc(OC2OC(CO)C(O)C(C)C2C)cc1)CN(C)C(=O)c1ccccc1. The molecule has 5 atom stereocenters. The third-order valence-corrected chi connectivity index (χ3v) is 7.76. The van der Waals surface area contributed by atoms with Crippen LogP contribution in [0.1, 0.15) is 63.2 Å². The average molecular weight is 584 g/mol. The number of hydrogen-bond donors (Lipinski definition) is 3. The molecule has 1 saturated heterocycles. The van der Waals surface area contributed by atoms with Crippen LogP contribution >= 0.6 is 0 Å². The normalized spacial score (nSPS) is 21.8. The van der Waals surface area contributed by atoms with Crippen molar-refractivity contribution in [2.45, 2.75) is 71.4 Å². The smallest absolute Gasteiger partial charge is 0.255 e. The van der Waals surface area contributed by atoms with Crippen LogP contribution < -0.4 is 10.1 Å². The molecule has 3 amide bonds. The first-order valence-electron chi connectivity index (χ1n) is 14.7. The van der Waals surface area contributed by atoms with E-state index >= 15 is 0 Å². The Bertz CT molecular complexity index is 1140. The quantitative estimate of drug-likeness (QED) is 0.227. The zero-order valence-corrected chi connectivity index (χ0v) is 25.1. The molecule has 230 valence electrons. The van der Waals surface area contributed by atoms with Gasteiger partial charge in [0.1, 0.15) is 11.9 Å². The molecule has 1 heterocycles. The highest BCUT2D eigenvalue weighted by atomic mass is 16.7. The molecule has 5 unspecified atom stereocenters.